The lowest BCUT2D eigenvalue weighted by molar-refractivity contribution is -0.127. The van der Waals surface area contributed by atoms with E-state index < -0.39 is 10.0 Å². The summed E-state index contributed by atoms with van der Waals surface area (Å²) in [5.41, 5.74) is 2.86. The highest BCUT2D eigenvalue weighted by Crippen LogP contribution is 2.14. The molecule has 0 saturated heterocycles. The van der Waals surface area contributed by atoms with Crippen molar-refractivity contribution in [1.29, 1.82) is 0 Å². The van der Waals surface area contributed by atoms with Gasteiger partial charge < -0.3 is 4.90 Å². The molecule has 3 rings (SSSR count). The minimum Gasteiger partial charge on any atom is -0.331 e. The largest absolute Gasteiger partial charge is 0.331 e. The second-order valence-corrected chi connectivity index (χ2v) is 8.84. The predicted octanol–water partition coefficient (Wildman–Crippen LogP) is 4.23. The molecule has 0 unspecified atom stereocenters. The molecule has 0 bridgehead atoms. The van der Waals surface area contributed by atoms with Crippen LogP contribution in [0.15, 0.2) is 95.9 Å². The van der Waals surface area contributed by atoms with Gasteiger partial charge in [0.1, 0.15) is 0 Å². The van der Waals surface area contributed by atoms with Crippen LogP contribution < -0.4 is 4.72 Å². The molecule has 0 fully saturated rings. The Hall–Kier alpha value is -3.22. The Kier molecular flexibility index (Phi) is 7.76. The first-order valence-electron chi connectivity index (χ1n) is 10.1. The zero-order valence-electron chi connectivity index (χ0n) is 17.4. The number of amides is 1. The number of benzene rings is 3. The third-order valence-corrected chi connectivity index (χ3v) is 6.25. The Labute approximate surface area is 184 Å². The van der Waals surface area contributed by atoms with Gasteiger partial charge in [0.05, 0.1) is 4.90 Å². The van der Waals surface area contributed by atoms with Gasteiger partial charge in [-0.3, -0.25) is 4.79 Å². The van der Waals surface area contributed by atoms with E-state index in [9.17, 15) is 13.2 Å². The second-order valence-electron chi connectivity index (χ2n) is 7.07. The average molecular weight is 435 g/mol. The standard InChI is InChI=1S/C25H26N2O3S/c1-2-26-31(29,30)24-16-13-21(14-17-24)15-18-25(28)27(19-22-9-5-3-6-10-22)20-23-11-7-4-8-12-23/h3-18,26H,2,19-20H2,1H3. The van der Waals surface area contributed by atoms with E-state index in [0.29, 0.717) is 19.6 Å². The van der Waals surface area contributed by atoms with Crippen molar-refractivity contribution >= 4 is 22.0 Å². The average Bonchev–Trinajstić information content (AvgIpc) is 2.79. The van der Waals surface area contributed by atoms with Gasteiger partial charge in [0.2, 0.25) is 15.9 Å². The minimum absolute atomic E-state index is 0.114. The quantitative estimate of drug-likeness (QED) is 0.513. The van der Waals surface area contributed by atoms with Gasteiger partial charge in [0.15, 0.2) is 0 Å². The van der Waals surface area contributed by atoms with E-state index in [1.807, 2.05) is 60.7 Å². The van der Waals surface area contributed by atoms with E-state index in [1.54, 1.807) is 30.0 Å². The number of nitrogens with one attached hydrogen (secondary N) is 1. The number of hydrogen-bond acceptors (Lipinski definition) is 3. The molecule has 5 nitrogen and oxygen atoms in total. The van der Waals surface area contributed by atoms with Crippen LogP contribution in [0.3, 0.4) is 0 Å². The highest BCUT2D eigenvalue weighted by atomic mass is 32.2. The van der Waals surface area contributed by atoms with Crippen molar-refractivity contribution in [2.45, 2.75) is 24.9 Å². The minimum atomic E-state index is -3.49. The summed E-state index contributed by atoms with van der Waals surface area (Å²) in [6, 6.07) is 26.2. The van der Waals surface area contributed by atoms with Crippen LogP contribution >= 0.6 is 0 Å². The first kappa shape index (κ1) is 22.5. The summed E-state index contributed by atoms with van der Waals surface area (Å²) >= 11 is 0. The fraction of sp³-hybridized carbons (Fsp3) is 0.160. The molecular formula is C25H26N2O3S. The highest BCUT2D eigenvalue weighted by molar-refractivity contribution is 7.89. The van der Waals surface area contributed by atoms with Gasteiger partial charge in [-0.25, -0.2) is 13.1 Å². The molecule has 0 radical (unpaired) electrons. The maximum atomic E-state index is 13.0. The van der Waals surface area contributed by atoms with Crippen LogP contribution in [0.1, 0.15) is 23.6 Å². The number of rotatable bonds is 9. The van der Waals surface area contributed by atoms with Crippen LogP contribution in [-0.2, 0) is 27.9 Å². The molecule has 0 heterocycles. The van der Waals surface area contributed by atoms with Crippen LogP contribution in [0.2, 0.25) is 0 Å². The van der Waals surface area contributed by atoms with Crippen molar-refractivity contribution in [2.75, 3.05) is 6.54 Å². The monoisotopic (exact) mass is 434 g/mol. The lowest BCUT2D eigenvalue weighted by Gasteiger charge is -2.21. The fourth-order valence-electron chi connectivity index (χ4n) is 3.12. The maximum Gasteiger partial charge on any atom is 0.247 e. The summed E-state index contributed by atoms with van der Waals surface area (Å²) in [6.07, 6.45) is 3.23. The number of carbonyl (C=O) groups is 1. The number of sulfonamides is 1. The van der Waals surface area contributed by atoms with E-state index in [0.717, 1.165) is 16.7 Å². The Morgan fingerprint density at radius 2 is 1.35 bits per heavy atom. The second kappa shape index (κ2) is 10.7. The molecule has 0 spiro atoms. The zero-order valence-corrected chi connectivity index (χ0v) is 18.3. The lowest BCUT2D eigenvalue weighted by atomic mass is 10.1. The molecule has 0 saturated carbocycles. The van der Waals surface area contributed by atoms with Gasteiger partial charge in [-0.15, -0.1) is 0 Å². The lowest BCUT2D eigenvalue weighted by Crippen LogP contribution is -2.28. The normalized spacial score (nSPS) is 11.5. The van der Waals surface area contributed by atoms with Gasteiger partial charge in [-0.2, -0.15) is 0 Å². The van der Waals surface area contributed by atoms with E-state index in [4.69, 9.17) is 0 Å². The van der Waals surface area contributed by atoms with E-state index in [-0.39, 0.29) is 10.8 Å². The van der Waals surface area contributed by atoms with Crippen LogP contribution in [0.5, 0.6) is 0 Å². The molecule has 31 heavy (non-hydrogen) atoms. The Bertz CT molecular complexity index is 1070. The van der Waals surface area contributed by atoms with Gasteiger partial charge in [-0.05, 0) is 34.9 Å². The summed E-state index contributed by atoms with van der Waals surface area (Å²) in [5, 5.41) is 0. The molecular weight excluding hydrogens is 408 g/mol. The third-order valence-electron chi connectivity index (χ3n) is 4.69. The van der Waals surface area contributed by atoms with Crippen molar-refractivity contribution in [1.82, 2.24) is 9.62 Å². The fourth-order valence-corrected chi connectivity index (χ4v) is 4.16. The summed E-state index contributed by atoms with van der Waals surface area (Å²) in [4.78, 5) is 15.0. The zero-order chi connectivity index (χ0) is 22.1. The molecule has 3 aromatic carbocycles. The first-order valence-corrected chi connectivity index (χ1v) is 11.6. The molecule has 0 aliphatic carbocycles. The highest BCUT2D eigenvalue weighted by Gasteiger charge is 2.13. The smallest absolute Gasteiger partial charge is 0.247 e. The third kappa shape index (κ3) is 6.64. The number of nitrogens with zero attached hydrogens (tertiary/aromatic N) is 1. The van der Waals surface area contributed by atoms with Gasteiger partial charge in [-0.1, -0.05) is 79.7 Å². The van der Waals surface area contributed by atoms with Crippen molar-refractivity contribution in [3.63, 3.8) is 0 Å². The maximum absolute atomic E-state index is 13.0. The molecule has 0 atom stereocenters. The molecule has 160 valence electrons. The Morgan fingerprint density at radius 3 is 1.84 bits per heavy atom. The van der Waals surface area contributed by atoms with Gasteiger partial charge >= 0.3 is 0 Å². The molecule has 1 amide bonds. The van der Waals surface area contributed by atoms with Crippen LogP contribution in [0.4, 0.5) is 0 Å². The van der Waals surface area contributed by atoms with Crippen LogP contribution in [0, 0.1) is 0 Å². The van der Waals surface area contributed by atoms with Crippen molar-refractivity contribution in [3.05, 3.63) is 108 Å². The molecule has 0 aromatic heterocycles. The van der Waals surface area contributed by atoms with Gasteiger partial charge in [0.25, 0.3) is 0 Å². The SMILES string of the molecule is CCNS(=O)(=O)c1ccc(C=CC(=O)N(Cc2ccccc2)Cc2ccccc2)cc1. The van der Waals surface area contributed by atoms with Crippen molar-refractivity contribution < 1.29 is 13.2 Å². The van der Waals surface area contributed by atoms with Crippen molar-refractivity contribution in [3.8, 4) is 0 Å². The molecule has 0 aliphatic heterocycles. The Balaban J connectivity index is 1.75. The van der Waals surface area contributed by atoms with Gasteiger partial charge in [0, 0.05) is 25.7 Å². The molecule has 3 aromatic rings. The predicted molar refractivity (Wildman–Crippen MR) is 123 cm³/mol. The van der Waals surface area contributed by atoms with Crippen molar-refractivity contribution in [2.24, 2.45) is 0 Å². The van der Waals surface area contributed by atoms with E-state index in [2.05, 4.69) is 4.72 Å². The summed E-state index contributed by atoms with van der Waals surface area (Å²) in [7, 11) is -3.49. The van der Waals surface area contributed by atoms with E-state index >= 15 is 0 Å². The topological polar surface area (TPSA) is 66.5 Å². The molecule has 1 N–H and O–H groups in total. The van der Waals surface area contributed by atoms with E-state index in [1.165, 1.54) is 18.2 Å². The molecule has 6 heteroatoms. The van der Waals surface area contributed by atoms with Crippen LogP contribution in [-0.4, -0.2) is 25.8 Å². The Morgan fingerprint density at radius 1 is 0.839 bits per heavy atom. The number of hydrogen-bond donors (Lipinski definition) is 1. The summed E-state index contributed by atoms with van der Waals surface area (Å²) in [6.45, 7) is 3.06. The number of carbonyl (C=O) groups excluding carboxylic acids is 1. The molecule has 0 aliphatic rings. The van der Waals surface area contributed by atoms with Crippen LogP contribution in [0.25, 0.3) is 6.08 Å². The summed E-state index contributed by atoms with van der Waals surface area (Å²) in [5.74, 6) is -0.114. The first-order chi connectivity index (χ1) is 15.0. The summed E-state index contributed by atoms with van der Waals surface area (Å²) < 4.78 is 26.6.